The monoisotopic (exact) mass is 613 g/mol. The van der Waals surface area contributed by atoms with Gasteiger partial charge in [-0.05, 0) is 18.2 Å². The first-order valence-corrected chi connectivity index (χ1v) is 13.7. The Bertz CT molecular complexity index is 1430. The van der Waals surface area contributed by atoms with Gasteiger partial charge < -0.3 is 28.6 Å². The van der Waals surface area contributed by atoms with Crippen molar-refractivity contribution in [2.45, 2.75) is 70.0 Å². The fourth-order valence-corrected chi connectivity index (χ4v) is 5.27. The quantitative estimate of drug-likeness (QED) is 0.236. The van der Waals surface area contributed by atoms with E-state index in [0.717, 1.165) is 27.9 Å². The van der Waals surface area contributed by atoms with E-state index in [4.69, 9.17) is 28.4 Å². The molecule has 0 N–H and O–H groups in total. The van der Waals surface area contributed by atoms with Gasteiger partial charge in [0.2, 0.25) is 12.2 Å². The van der Waals surface area contributed by atoms with Crippen molar-refractivity contribution in [2.24, 2.45) is 0 Å². The Labute approximate surface area is 252 Å². The molecule has 2 saturated heterocycles. The lowest BCUT2D eigenvalue weighted by Gasteiger charge is -2.40. The average Bonchev–Trinajstić information content (AvgIpc) is 3.26. The van der Waals surface area contributed by atoms with E-state index in [1.807, 2.05) is 0 Å². The Hall–Kier alpha value is -4.85. The van der Waals surface area contributed by atoms with Gasteiger partial charge in [0.25, 0.3) is 5.91 Å². The van der Waals surface area contributed by atoms with Gasteiger partial charge in [0.05, 0.1) is 18.7 Å². The van der Waals surface area contributed by atoms with Crippen LogP contribution in [-0.2, 0) is 52.4 Å². The minimum Gasteiger partial charge on any atom is -0.467 e. The fourth-order valence-electron chi connectivity index (χ4n) is 5.27. The van der Waals surface area contributed by atoms with E-state index >= 15 is 0 Å². The van der Waals surface area contributed by atoms with Crippen molar-refractivity contribution in [1.29, 1.82) is 0 Å². The molecule has 1 aromatic heterocycles. The van der Waals surface area contributed by atoms with Crippen LogP contribution in [0.1, 0.15) is 55.4 Å². The van der Waals surface area contributed by atoms with Gasteiger partial charge in [0.1, 0.15) is 0 Å². The Morgan fingerprint density at radius 3 is 2.07 bits per heavy atom. The molecule has 2 fully saturated rings. The molecule has 0 radical (unpaired) electrons. The van der Waals surface area contributed by atoms with Crippen molar-refractivity contribution >= 4 is 35.8 Å². The number of amides is 1. The molecule has 14 nitrogen and oxygen atoms in total. The number of esters is 5. The van der Waals surface area contributed by atoms with Crippen LogP contribution in [0.25, 0.3) is 0 Å². The molecular weight excluding hydrogens is 580 g/mol. The maximum atomic E-state index is 13.1. The number of hydrogen-bond acceptors (Lipinski definition) is 12. The predicted molar refractivity (Wildman–Crippen MR) is 145 cm³/mol. The highest BCUT2D eigenvalue weighted by atomic mass is 16.7. The van der Waals surface area contributed by atoms with Crippen LogP contribution in [0.3, 0.4) is 0 Å². The summed E-state index contributed by atoms with van der Waals surface area (Å²) in [6.45, 7) is 3.33. The maximum Gasteiger partial charge on any atom is 0.339 e. The topological polar surface area (TPSA) is 165 Å². The SMILES string of the molecule is COC(=O)C1OC([n+]2cccc(C3CC(OC(=O)c4ccccc4)C(=O)N3C)c2)C(OC(C)=O)C(OC(C)=O)C1OC(C)=O. The zero-order valence-corrected chi connectivity index (χ0v) is 24.7. The molecule has 3 heterocycles. The molecule has 7 atom stereocenters. The highest BCUT2D eigenvalue weighted by Gasteiger charge is 2.58. The molecule has 4 rings (SSSR count). The Morgan fingerprint density at radius 1 is 0.841 bits per heavy atom. The Kier molecular flexibility index (Phi) is 9.94. The van der Waals surface area contributed by atoms with Crippen LogP contribution in [0.4, 0.5) is 0 Å². The molecule has 2 aliphatic heterocycles. The average molecular weight is 614 g/mol. The van der Waals surface area contributed by atoms with Gasteiger partial charge in [-0.3, -0.25) is 23.9 Å². The van der Waals surface area contributed by atoms with Crippen LogP contribution < -0.4 is 4.57 Å². The van der Waals surface area contributed by atoms with Gasteiger partial charge in [-0.15, -0.1) is 0 Å². The van der Waals surface area contributed by atoms with Crippen molar-refractivity contribution in [3.05, 3.63) is 66.0 Å². The summed E-state index contributed by atoms with van der Waals surface area (Å²) in [5, 5.41) is 0. The zero-order valence-electron chi connectivity index (χ0n) is 24.7. The first kappa shape index (κ1) is 32.1. The lowest BCUT2D eigenvalue weighted by Crippen LogP contribution is -2.66. The number of aromatic nitrogens is 1. The Balaban J connectivity index is 1.68. The highest BCUT2D eigenvalue weighted by molar-refractivity contribution is 5.93. The third kappa shape index (κ3) is 7.02. The minimum absolute atomic E-state index is 0.145. The number of ether oxygens (including phenoxy) is 6. The molecule has 2 aliphatic rings. The van der Waals surface area contributed by atoms with Gasteiger partial charge in [0.15, 0.2) is 30.7 Å². The predicted octanol–water partition coefficient (Wildman–Crippen LogP) is 0.968. The molecule has 14 heteroatoms. The molecular formula is C30H33N2O12+. The molecule has 0 saturated carbocycles. The smallest absolute Gasteiger partial charge is 0.339 e. The number of pyridine rings is 1. The minimum atomic E-state index is -1.57. The van der Waals surface area contributed by atoms with Crippen molar-refractivity contribution in [1.82, 2.24) is 4.90 Å². The highest BCUT2D eigenvalue weighted by Crippen LogP contribution is 2.35. The summed E-state index contributed by atoms with van der Waals surface area (Å²) in [5.74, 6) is -4.33. The molecule has 0 aliphatic carbocycles. The second-order valence-electron chi connectivity index (χ2n) is 10.2. The van der Waals surface area contributed by atoms with E-state index < -0.39 is 78.5 Å². The van der Waals surface area contributed by atoms with Gasteiger partial charge in [0, 0.05) is 45.9 Å². The number of likely N-dealkylation sites (N-methyl/N-ethyl adjacent to an activating group) is 1. The fraction of sp³-hybridized carbons (Fsp3) is 0.433. The largest absolute Gasteiger partial charge is 0.467 e. The van der Waals surface area contributed by atoms with Crippen LogP contribution in [0.5, 0.6) is 0 Å². The first-order chi connectivity index (χ1) is 20.9. The van der Waals surface area contributed by atoms with Crippen molar-refractivity contribution in [3.63, 3.8) is 0 Å². The molecule has 0 spiro atoms. The Morgan fingerprint density at radius 2 is 1.45 bits per heavy atom. The zero-order chi connectivity index (χ0) is 32.1. The van der Waals surface area contributed by atoms with Crippen LogP contribution in [0.2, 0.25) is 0 Å². The molecule has 1 aromatic carbocycles. The molecule has 7 unspecified atom stereocenters. The third-order valence-corrected chi connectivity index (χ3v) is 7.16. The summed E-state index contributed by atoms with van der Waals surface area (Å²) in [7, 11) is 2.68. The summed E-state index contributed by atoms with van der Waals surface area (Å²) in [5.41, 5.74) is 0.900. The lowest BCUT2D eigenvalue weighted by molar-refractivity contribution is -0.776. The number of carbonyl (C=O) groups is 6. The summed E-state index contributed by atoms with van der Waals surface area (Å²) in [6.07, 6.45) is -4.94. The van der Waals surface area contributed by atoms with Gasteiger partial charge >= 0.3 is 36.1 Å². The van der Waals surface area contributed by atoms with E-state index in [1.165, 1.54) is 9.47 Å². The first-order valence-electron chi connectivity index (χ1n) is 13.7. The number of hydrogen-bond donors (Lipinski definition) is 0. The van der Waals surface area contributed by atoms with Crippen molar-refractivity contribution < 1.29 is 61.8 Å². The summed E-state index contributed by atoms with van der Waals surface area (Å²) < 4.78 is 34.2. The van der Waals surface area contributed by atoms with Crippen molar-refractivity contribution in [2.75, 3.05) is 14.2 Å². The van der Waals surface area contributed by atoms with Crippen LogP contribution >= 0.6 is 0 Å². The number of rotatable bonds is 8. The van der Waals surface area contributed by atoms with Crippen LogP contribution in [-0.4, -0.2) is 85.3 Å². The van der Waals surface area contributed by atoms with Gasteiger partial charge in [-0.25, -0.2) is 9.59 Å². The van der Waals surface area contributed by atoms with Crippen LogP contribution in [0, 0.1) is 0 Å². The van der Waals surface area contributed by atoms with Gasteiger partial charge in [-0.1, -0.05) is 18.2 Å². The molecule has 2 aromatic rings. The van der Waals surface area contributed by atoms with E-state index in [-0.39, 0.29) is 6.42 Å². The molecule has 234 valence electrons. The molecule has 1 amide bonds. The van der Waals surface area contributed by atoms with Crippen LogP contribution in [0.15, 0.2) is 54.9 Å². The number of benzene rings is 1. The van der Waals surface area contributed by atoms with E-state index in [2.05, 4.69) is 0 Å². The summed E-state index contributed by atoms with van der Waals surface area (Å²) in [6, 6.07) is 11.1. The second kappa shape index (κ2) is 13.6. The van der Waals surface area contributed by atoms with Gasteiger partial charge in [-0.2, -0.15) is 4.57 Å². The second-order valence-corrected chi connectivity index (χ2v) is 10.2. The van der Waals surface area contributed by atoms with E-state index in [1.54, 1.807) is 61.9 Å². The summed E-state index contributed by atoms with van der Waals surface area (Å²) in [4.78, 5) is 76.2. The molecule has 0 bridgehead atoms. The third-order valence-electron chi connectivity index (χ3n) is 7.16. The number of nitrogens with zero attached hydrogens (tertiary/aromatic N) is 2. The number of carbonyl (C=O) groups excluding carboxylic acids is 6. The summed E-state index contributed by atoms with van der Waals surface area (Å²) >= 11 is 0. The van der Waals surface area contributed by atoms with E-state index in [9.17, 15) is 28.8 Å². The normalized spacial score (nSPS) is 26.3. The maximum absolute atomic E-state index is 13.1. The lowest BCUT2D eigenvalue weighted by atomic mass is 9.96. The number of methoxy groups -OCH3 is 1. The molecule has 44 heavy (non-hydrogen) atoms. The number of likely N-dealkylation sites (tertiary alicyclic amines) is 1. The standard InChI is InChI=1S/C30H33N2O12/c1-16(33)40-23-24(41-17(2)34)26(30(38)39-5)44-28(25(23)42-18(3)35)32-13-9-12-20(15-32)21-14-22(27(36)31(21)4)43-29(37)19-10-7-6-8-11-19/h6-13,15,21-26,28H,14H2,1-5H3/q+1. The van der Waals surface area contributed by atoms with E-state index in [0.29, 0.717) is 11.1 Å². The van der Waals surface area contributed by atoms with Crippen molar-refractivity contribution in [3.8, 4) is 0 Å².